The van der Waals surface area contributed by atoms with Crippen LogP contribution in [0, 0.1) is 0 Å². The van der Waals surface area contributed by atoms with Crippen LogP contribution in [0.5, 0.6) is 5.75 Å². The lowest BCUT2D eigenvalue weighted by atomic mass is 10.1. The van der Waals surface area contributed by atoms with Crippen molar-refractivity contribution in [2.24, 2.45) is 7.05 Å². The van der Waals surface area contributed by atoms with Gasteiger partial charge in [-0.1, -0.05) is 19.1 Å². The highest BCUT2D eigenvalue weighted by molar-refractivity contribution is 5.93. The Kier molecular flexibility index (Phi) is 4.33. The van der Waals surface area contributed by atoms with Crippen LogP contribution in [0.4, 0.5) is 0 Å². The van der Waals surface area contributed by atoms with E-state index in [0.717, 1.165) is 12.1 Å². The third-order valence-corrected chi connectivity index (χ3v) is 3.93. The number of aromatic amines is 1. The van der Waals surface area contributed by atoms with Crippen LogP contribution in [0.15, 0.2) is 42.6 Å². The van der Waals surface area contributed by atoms with Gasteiger partial charge in [0.05, 0.1) is 17.4 Å². The van der Waals surface area contributed by atoms with E-state index in [9.17, 15) is 9.90 Å². The quantitative estimate of drug-likeness (QED) is 0.671. The molecule has 1 unspecified atom stereocenters. The van der Waals surface area contributed by atoms with Crippen LogP contribution in [0.2, 0.25) is 0 Å². The molecule has 7 nitrogen and oxygen atoms in total. The molecule has 0 saturated carbocycles. The number of hydrogen-bond acceptors (Lipinski definition) is 4. The van der Waals surface area contributed by atoms with Gasteiger partial charge in [-0.2, -0.15) is 10.2 Å². The van der Waals surface area contributed by atoms with Gasteiger partial charge in [-0.15, -0.1) is 0 Å². The van der Waals surface area contributed by atoms with E-state index in [0.29, 0.717) is 17.0 Å². The first-order valence-electron chi connectivity index (χ1n) is 7.72. The predicted octanol–water partition coefficient (Wildman–Crippen LogP) is 2.40. The molecule has 3 N–H and O–H groups in total. The topological polar surface area (TPSA) is 95.8 Å². The molecule has 0 saturated heterocycles. The minimum absolute atomic E-state index is 0.122. The number of H-pyrrole nitrogens is 1. The SMILES string of the molecule is CCC(NC(=O)c1cc(-c2ccccc2O)n[nH]1)c1ccnn1C. The van der Waals surface area contributed by atoms with E-state index in [4.69, 9.17) is 0 Å². The number of phenols is 1. The van der Waals surface area contributed by atoms with Gasteiger partial charge < -0.3 is 10.4 Å². The minimum Gasteiger partial charge on any atom is -0.507 e. The van der Waals surface area contributed by atoms with Crippen LogP contribution in [0.3, 0.4) is 0 Å². The largest absolute Gasteiger partial charge is 0.507 e. The van der Waals surface area contributed by atoms with Gasteiger partial charge in [-0.3, -0.25) is 14.6 Å². The number of aromatic nitrogens is 4. The summed E-state index contributed by atoms with van der Waals surface area (Å²) < 4.78 is 1.74. The van der Waals surface area contributed by atoms with Gasteiger partial charge >= 0.3 is 0 Å². The summed E-state index contributed by atoms with van der Waals surface area (Å²) in [5, 5.41) is 23.8. The maximum atomic E-state index is 12.5. The molecular weight excluding hydrogens is 306 g/mol. The van der Waals surface area contributed by atoms with Crippen molar-refractivity contribution in [3.8, 4) is 17.0 Å². The lowest BCUT2D eigenvalue weighted by Gasteiger charge is -2.16. The number of benzene rings is 1. The second kappa shape index (κ2) is 6.57. The molecule has 0 aliphatic heterocycles. The van der Waals surface area contributed by atoms with Crippen LogP contribution in [0.1, 0.15) is 35.6 Å². The molecule has 0 bridgehead atoms. The first-order chi connectivity index (χ1) is 11.6. The molecule has 1 aromatic carbocycles. The molecule has 0 aliphatic carbocycles. The van der Waals surface area contributed by atoms with Gasteiger partial charge in [0.2, 0.25) is 0 Å². The van der Waals surface area contributed by atoms with Crippen LogP contribution >= 0.6 is 0 Å². The standard InChI is InChI=1S/C17H19N5O2/c1-3-12(15-8-9-18-22(15)2)19-17(24)14-10-13(20-21-14)11-6-4-5-7-16(11)23/h4-10,12,23H,3H2,1-2H3,(H,19,24)(H,20,21). The Hall–Kier alpha value is -3.09. The molecule has 7 heteroatoms. The number of amides is 1. The zero-order valence-corrected chi connectivity index (χ0v) is 13.5. The third kappa shape index (κ3) is 3.01. The Bertz CT molecular complexity index is 852. The van der Waals surface area contributed by atoms with E-state index >= 15 is 0 Å². The number of rotatable bonds is 5. The first-order valence-corrected chi connectivity index (χ1v) is 7.72. The molecule has 2 aromatic heterocycles. The summed E-state index contributed by atoms with van der Waals surface area (Å²) in [5.74, 6) is -0.130. The highest BCUT2D eigenvalue weighted by Gasteiger charge is 2.19. The highest BCUT2D eigenvalue weighted by Crippen LogP contribution is 2.27. The number of nitrogens with zero attached hydrogens (tertiary/aromatic N) is 3. The maximum Gasteiger partial charge on any atom is 0.269 e. The van der Waals surface area contributed by atoms with Crippen molar-refractivity contribution in [3.05, 3.63) is 54.0 Å². The van der Waals surface area contributed by atoms with E-state index in [1.54, 1.807) is 41.2 Å². The Morgan fingerprint density at radius 2 is 2.17 bits per heavy atom. The van der Waals surface area contributed by atoms with Crippen molar-refractivity contribution in [2.75, 3.05) is 0 Å². The number of para-hydroxylation sites is 1. The summed E-state index contributed by atoms with van der Waals surface area (Å²) in [5.41, 5.74) is 2.37. The van der Waals surface area contributed by atoms with Crippen LogP contribution < -0.4 is 5.32 Å². The number of carbonyl (C=O) groups excluding carboxylic acids is 1. The molecule has 0 spiro atoms. The van der Waals surface area contributed by atoms with E-state index in [-0.39, 0.29) is 17.7 Å². The van der Waals surface area contributed by atoms with Crippen molar-refractivity contribution in [2.45, 2.75) is 19.4 Å². The number of carbonyl (C=O) groups is 1. The van der Waals surface area contributed by atoms with Crippen molar-refractivity contribution in [1.29, 1.82) is 0 Å². The summed E-state index contributed by atoms with van der Waals surface area (Å²) in [7, 11) is 1.84. The minimum atomic E-state index is -0.253. The van der Waals surface area contributed by atoms with Gasteiger partial charge in [0, 0.05) is 18.8 Å². The normalized spacial score (nSPS) is 12.1. The Balaban J connectivity index is 1.79. The Morgan fingerprint density at radius 3 is 2.83 bits per heavy atom. The van der Waals surface area contributed by atoms with Crippen molar-refractivity contribution in [3.63, 3.8) is 0 Å². The molecule has 0 radical (unpaired) electrons. The average Bonchev–Trinajstić information content (AvgIpc) is 3.22. The van der Waals surface area contributed by atoms with E-state index in [1.807, 2.05) is 20.0 Å². The van der Waals surface area contributed by atoms with E-state index < -0.39 is 0 Å². The second-order valence-corrected chi connectivity index (χ2v) is 5.50. The molecule has 1 amide bonds. The molecule has 0 fully saturated rings. The number of hydrogen-bond donors (Lipinski definition) is 3. The zero-order chi connectivity index (χ0) is 17.1. The highest BCUT2D eigenvalue weighted by atomic mass is 16.3. The summed E-state index contributed by atoms with van der Waals surface area (Å²) in [4.78, 5) is 12.5. The Labute approximate surface area is 139 Å². The predicted molar refractivity (Wildman–Crippen MR) is 89.4 cm³/mol. The fourth-order valence-electron chi connectivity index (χ4n) is 2.61. The number of aryl methyl sites for hydroxylation is 1. The van der Waals surface area contributed by atoms with Gasteiger partial charge in [0.25, 0.3) is 5.91 Å². The van der Waals surface area contributed by atoms with Crippen molar-refractivity contribution in [1.82, 2.24) is 25.3 Å². The maximum absolute atomic E-state index is 12.5. The van der Waals surface area contributed by atoms with Crippen LogP contribution in [0.25, 0.3) is 11.3 Å². The molecule has 0 aliphatic rings. The molecule has 3 aromatic rings. The van der Waals surface area contributed by atoms with Crippen molar-refractivity contribution < 1.29 is 9.90 Å². The van der Waals surface area contributed by atoms with E-state index in [2.05, 4.69) is 20.6 Å². The number of nitrogens with one attached hydrogen (secondary N) is 2. The van der Waals surface area contributed by atoms with Gasteiger partial charge in [-0.05, 0) is 30.7 Å². The summed E-state index contributed by atoms with van der Waals surface area (Å²) in [6, 6.07) is 10.2. The van der Waals surface area contributed by atoms with Crippen LogP contribution in [-0.4, -0.2) is 31.0 Å². The lowest BCUT2D eigenvalue weighted by molar-refractivity contribution is 0.0929. The molecule has 24 heavy (non-hydrogen) atoms. The smallest absolute Gasteiger partial charge is 0.269 e. The summed E-state index contributed by atoms with van der Waals surface area (Å²) in [6.07, 6.45) is 2.45. The zero-order valence-electron chi connectivity index (χ0n) is 13.5. The number of phenolic OH excluding ortho intramolecular Hbond substituents is 1. The monoisotopic (exact) mass is 325 g/mol. The number of aromatic hydroxyl groups is 1. The molecular formula is C17H19N5O2. The van der Waals surface area contributed by atoms with Crippen LogP contribution in [-0.2, 0) is 7.05 Å². The fourth-order valence-corrected chi connectivity index (χ4v) is 2.61. The second-order valence-electron chi connectivity index (χ2n) is 5.50. The van der Waals surface area contributed by atoms with Gasteiger partial charge in [-0.25, -0.2) is 0 Å². The lowest BCUT2D eigenvalue weighted by Crippen LogP contribution is -2.29. The summed E-state index contributed by atoms with van der Waals surface area (Å²) in [6.45, 7) is 2.00. The molecule has 3 rings (SSSR count). The van der Waals surface area contributed by atoms with E-state index in [1.165, 1.54) is 0 Å². The third-order valence-electron chi connectivity index (χ3n) is 3.93. The van der Waals surface area contributed by atoms with Gasteiger partial charge in [0.1, 0.15) is 11.4 Å². The molecule has 2 heterocycles. The fraction of sp³-hybridized carbons (Fsp3) is 0.235. The Morgan fingerprint density at radius 1 is 1.38 bits per heavy atom. The molecule has 1 atom stereocenters. The first kappa shape index (κ1) is 15.8. The van der Waals surface area contributed by atoms with Gasteiger partial charge in [0.15, 0.2) is 0 Å². The molecule has 124 valence electrons. The van der Waals surface area contributed by atoms with Crippen molar-refractivity contribution >= 4 is 5.91 Å². The average molecular weight is 325 g/mol. The summed E-state index contributed by atoms with van der Waals surface area (Å²) >= 11 is 0.